The molecule has 0 aliphatic rings. The molecule has 3 amide bonds. The average Bonchev–Trinajstić information content (AvgIpc) is 2.74. The molecule has 0 atom stereocenters. The molecule has 0 saturated carbocycles. The molecule has 0 unspecified atom stereocenters. The maximum atomic E-state index is 12.4. The average molecular weight is 480 g/mol. The minimum atomic E-state index is -0.370. The Kier molecular flexibility index (Phi) is 11.1. The van der Waals surface area contributed by atoms with Gasteiger partial charge in [0.15, 0.2) is 0 Å². The molecule has 174 valence electrons. The van der Waals surface area contributed by atoms with Gasteiger partial charge in [0.25, 0.3) is 0 Å². The smallest absolute Gasteiger partial charge is 0.323 e. The van der Waals surface area contributed by atoms with Gasteiger partial charge in [0, 0.05) is 54.0 Å². The van der Waals surface area contributed by atoms with Gasteiger partial charge in [0.05, 0.1) is 0 Å². The van der Waals surface area contributed by atoms with Gasteiger partial charge in [-0.1, -0.05) is 6.07 Å². The van der Waals surface area contributed by atoms with Crippen LogP contribution in [-0.2, 0) is 4.79 Å². The summed E-state index contributed by atoms with van der Waals surface area (Å²) in [5, 5.41) is 8.46. The van der Waals surface area contributed by atoms with Crippen LogP contribution in [0.3, 0.4) is 0 Å². The third kappa shape index (κ3) is 9.34. The Morgan fingerprint density at radius 3 is 2.00 bits per heavy atom. The van der Waals surface area contributed by atoms with Crippen LogP contribution in [0.15, 0.2) is 48.5 Å². The number of hydrogen-bond donors (Lipinski definition) is 3. The Bertz CT molecular complexity index is 856. The highest BCUT2D eigenvalue weighted by atomic mass is 35.5. The minimum Gasteiger partial charge on any atom is -0.369 e. The lowest BCUT2D eigenvalue weighted by molar-refractivity contribution is -0.116. The van der Waals surface area contributed by atoms with Crippen molar-refractivity contribution in [3.8, 4) is 0 Å². The van der Waals surface area contributed by atoms with E-state index in [2.05, 4.69) is 20.9 Å². The number of halogens is 2. The van der Waals surface area contributed by atoms with Crippen LogP contribution in [0.25, 0.3) is 0 Å². The van der Waals surface area contributed by atoms with Gasteiger partial charge in [0.1, 0.15) is 0 Å². The van der Waals surface area contributed by atoms with Crippen LogP contribution in [-0.4, -0.2) is 62.3 Å². The van der Waals surface area contributed by atoms with E-state index in [0.717, 1.165) is 18.7 Å². The molecule has 0 heterocycles. The number of nitrogens with zero attached hydrogens (tertiary/aromatic N) is 2. The van der Waals surface area contributed by atoms with E-state index in [1.54, 1.807) is 24.3 Å². The fourth-order valence-corrected chi connectivity index (χ4v) is 3.49. The summed E-state index contributed by atoms with van der Waals surface area (Å²) in [6.45, 7) is 2.25. The van der Waals surface area contributed by atoms with Crippen molar-refractivity contribution in [2.75, 3.05) is 66.3 Å². The van der Waals surface area contributed by atoms with Gasteiger partial charge in [-0.2, -0.15) is 0 Å². The SMILES string of the molecule is CN(C)CCCC(=O)Nc1cccc(NC(=O)Nc2ccc(N(CCCl)CCCl)cc2)c1. The first-order valence-corrected chi connectivity index (χ1v) is 11.6. The van der Waals surface area contributed by atoms with Gasteiger partial charge in [-0.15, -0.1) is 23.2 Å². The monoisotopic (exact) mass is 479 g/mol. The normalized spacial score (nSPS) is 10.7. The summed E-state index contributed by atoms with van der Waals surface area (Å²) in [5.74, 6) is 0.968. The molecule has 9 heteroatoms. The molecule has 0 bridgehead atoms. The van der Waals surface area contributed by atoms with E-state index in [9.17, 15) is 9.59 Å². The van der Waals surface area contributed by atoms with Crippen molar-refractivity contribution in [2.24, 2.45) is 0 Å². The number of alkyl halides is 2. The van der Waals surface area contributed by atoms with Crippen LogP contribution in [0.5, 0.6) is 0 Å². The van der Waals surface area contributed by atoms with Crippen LogP contribution >= 0.6 is 23.2 Å². The molecule has 0 aromatic heterocycles. The molecule has 0 fully saturated rings. The lowest BCUT2D eigenvalue weighted by atomic mass is 10.2. The summed E-state index contributed by atoms with van der Waals surface area (Å²) in [5.41, 5.74) is 2.88. The topological polar surface area (TPSA) is 76.7 Å². The molecule has 3 N–H and O–H groups in total. The van der Waals surface area contributed by atoms with Crippen molar-refractivity contribution in [3.63, 3.8) is 0 Å². The Morgan fingerprint density at radius 2 is 1.41 bits per heavy atom. The van der Waals surface area contributed by atoms with Gasteiger partial charge in [-0.05, 0) is 69.5 Å². The molecule has 2 aromatic rings. The van der Waals surface area contributed by atoms with E-state index in [-0.39, 0.29) is 11.9 Å². The number of urea groups is 1. The number of hydrogen-bond acceptors (Lipinski definition) is 4. The van der Waals surface area contributed by atoms with Gasteiger partial charge < -0.3 is 25.8 Å². The van der Waals surface area contributed by atoms with Crippen molar-refractivity contribution in [3.05, 3.63) is 48.5 Å². The first kappa shape index (κ1) is 25.8. The second kappa shape index (κ2) is 13.8. The lowest BCUT2D eigenvalue weighted by Gasteiger charge is -2.23. The largest absolute Gasteiger partial charge is 0.369 e. The third-order valence-electron chi connectivity index (χ3n) is 4.61. The van der Waals surface area contributed by atoms with E-state index >= 15 is 0 Å². The molecule has 0 radical (unpaired) electrons. The Labute approximate surface area is 200 Å². The second-order valence-corrected chi connectivity index (χ2v) is 8.28. The van der Waals surface area contributed by atoms with E-state index in [0.29, 0.717) is 48.3 Å². The lowest BCUT2D eigenvalue weighted by Crippen LogP contribution is -2.27. The summed E-state index contributed by atoms with van der Waals surface area (Å²) in [7, 11) is 3.95. The molecule has 0 saturated heterocycles. The number of carbonyl (C=O) groups excluding carboxylic acids is 2. The maximum absolute atomic E-state index is 12.4. The van der Waals surface area contributed by atoms with Crippen LogP contribution in [0.4, 0.5) is 27.5 Å². The predicted octanol–water partition coefficient (Wildman–Crippen LogP) is 4.89. The molecular formula is C23H31Cl2N5O2. The summed E-state index contributed by atoms with van der Waals surface area (Å²) < 4.78 is 0. The Hall–Kier alpha value is -2.48. The molecule has 2 rings (SSSR count). The van der Waals surface area contributed by atoms with E-state index in [1.807, 2.05) is 43.3 Å². The molecule has 7 nitrogen and oxygen atoms in total. The van der Waals surface area contributed by atoms with Gasteiger partial charge in [-0.3, -0.25) is 4.79 Å². The van der Waals surface area contributed by atoms with E-state index in [4.69, 9.17) is 23.2 Å². The number of rotatable bonds is 12. The molecular weight excluding hydrogens is 449 g/mol. The molecule has 0 spiro atoms. The number of benzene rings is 2. The van der Waals surface area contributed by atoms with Crippen molar-refractivity contribution in [1.29, 1.82) is 0 Å². The Balaban J connectivity index is 1.88. The van der Waals surface area contributed by atoms with Crippen LogP contribution in [0.2, 0.25) is 0 Å². The zero-order chi connectivity index (χ0) is 23.3. The van der Waals surface area contributed by atoms with Gasteiger partial charge in [-0.25, -0.2) is 4.79 Å². The molecule has 32 heavy (non-hydrogen) atoms. The quantitative estimate of drug-likeness (QED) is 0.378. The van der Waals surface area contributed by atoms with Gasteiger partial charge in [0.2, 0.25) is 5.91 Å². The predicted molar refractivity (Wildman–Crippen MR) is 136 cm³/mol. The van der Waals surface area contributed by atoms with Crippen LogP contribution < -0.4 is 20.9 Å². The van der Waals surface area contributed by atoms with E-state index in [1.165, 1.54) is 0 Å². The van der Waals surface area contributed by atoms with Crippen molar-refractivity contribution in [1.82, 2.24) is 4.90 Å². The van der Waals surface area contributed by atoms with Crippen LogP contribution in [0.1, 0.15) is 12.8 Å². The second-order valence-electron chi connectivity index (χ2n) is 7.53. The summed E-state index contributed by atoms with van der Waals surface area (Å²) in [6, 6.07) is 14.2. The van der Waals surface area contributed by atoms with Crippen molar-refractivity contribution < 1.29 is 9.59 Å². The number of amides is 3. The molecule has 0 aliphatic heterocycles. The van der Waals surface area contributed by atoms with E-state index < -0.39 is 0 Å². The summed E-state index contributed by atoms with van der Waals surface area (Å²) in [4.78, 5) is 28.6. The Morgan fingerprint density at radius 1 is 0.812 bits per heavy atom. The highest BCUT2D eigenvalue weighted by Gasteiger charge is 2.08. The van der Waals surface area contributed by atoms with Crippen molar-refractivity contribution >= 4 is 57.9 Å². The summed E-state index contributed by atoms with van der Waals surface area (Å²) >= 11 is 11.7. The molecule has 2 aromatic carbocycles. The standard InChI is InChI=1S/C23H31Cl2N5O2/c1-29(2)14-4-7-22(31)26-19-5-3-6-20(17-19)28-23(32)27-18-8-10-21(11-9-18)30(15-12-24)16-13-25/h3,5-6,8-11,17H,4,7,12-16H2,1-2H3,(H,26,31)(H2,27,28,32). The zero-order valence-corrected chi connectivity index (χ0v) is 20.0. The molecule has 0 aliphatic carbocycles. The third-order valence-corrected chi connectivity index (χ3v) is 4.95. The van der Waals surface area contributed by atoms with Crippen LogP contribution in [0, 0.1) is 0 Å². The van der Waals surface area contributed by atoms with Crippen molar-refractivity contribution in [2.45, 2.75) is 12.8 Å². The highest BCUT2D eigenvalue weighted by molar-refractivity contribution is 6.18. The maximum Gasteiger partial charge on any atom is 0.323 e. The fourth-order valence-electron chi connectivity index (χ4n) is 3.08. The highest BCUT2D eigenvalue weighted by Crippen LogP contribution is 2.19. The number of anilines is 4. The number of carbonyl (C=O) groups is 2. The minimum absolute atomic E-state index is 0.0501. The summed E-state index contributed by atoms with van der Waals surface area (Å²) in [6.07, 6.45) is 1.23. The first-order valence-electron chi connectivity index (χ1n) is 10.5. The first-order chi connectivity index (χ1) is 15.4. The van der Waals surface area contributed by atoms with Gasteiger partial charge >= 0.3 is 6.03 Å². The number of nitrogens with one attached hydrogen (secondary N) is 3. The zero-order valence-electron chi connectivity index (χ0n) is 18.5. The fraction of sp³-hybridized carbons (Fsp3) is 0.391.